The molecule has 2 unspecified atom stereocenters. The van der Waals surface area contributed by atoms with Gasteiger partial charge in [-0.15, -0.1) is 0 Å². The Labute approximate surface area is 102 Å². The average Bonchev–Trinajstić information content (AvgIpc) is 2.29. The quantitative estimate of drug-likeness (QED) is 0.852. The molecule has 17 heavy (non-hydrogen) atoms. The summed E-state index contributed by atoms with van der Waals surface area (Å²) < 4.78 is 30.0. The van der Waals surface area contributed by atoms with Gasteiger partial charge in [0.05, 0.1) is 11.5 Å². The lowest BCUT2D eigenvalue weighted by Crippen LogP contribution is -2.47. The van der Waals surface area contributed by atoms with Gasteiger partial charge >= 0.3 is 0 Å². The van der Waals surface area contributed by atoms with E-state index < -0.39 is 15.1 Å². The van der Waals surface area contributed by atoms with Crippen LogP contribution in [0.2, 0.25) is 0 Å². The Morgan fingerprint density at radius 1 is 1.41 bits per heavy atom. The van der Waals surface area contributed by atoms with Gasteiger partial charge in [-0.3, -0.25) is 0 Å². The maximum atomic E-state index is 12.4. The molecule has 1 fully saturated rings. The van der Waals surface area contributed by atoms with E-state index >= 15 is 0 Å². The fourth-order valence-corrected chi connectivity index (χ4v) is 3.85. The summed E-state index contributed by atoms with van der Waals surface area (Å²) in [6.45, 7) is 2.61. The summed E-state index contributed by atoms with van der Waals surface area (Å²) in [6, 6.07) is 6.57. The zero-order valence-corrected chi connectivity index (χ0v) is 10.6. The number of benzene rings is 1. The van der Waals surface area contributed by atoms with Crippen molar-refractivity contribution < 1.29 is 13.2 Å². The van der Waals surface area contributed by atoms with Crippen LogP contribution in [-0.2, 0) is 14.6 Å². The fraction of sp³-hybridized carbons (Fsp3) is 0.500. The van der Waals surface area contributed by atoms with Gasteiger partial charge in [-0.25, -0.2) is 8.42 Å². The first-order chi connectivity index (χ1) is 8.01. The Kier molecular flexibility index (Phi) is 3.51. The van der Waals surface area contributed by atoms with E-state index in [0.29, 0.717) is 17.9 Å². The molecule has 0 bridgehead atoms. The molecule has 0 radical (unpaired) electrons. The molecule has 5 heteroatoms. The van der Waals surface area contributed by atoms with Crippen LogP contribution in [0.3, 0.4) is 0 Å². The van der Waals surface area contributed by atoms with Crippen LogP contribution in [-0.4, -0.2) is 32.9 Å². The van der Waals surface area contributed by atoms with Crippen molar-refractivity contribution in [2.24, 2.45) is 5.73 Å². The van der Waals surface area contributed by atoms with E-state index in [9.17, 15) is 8.42 Å². The Morgan fingerprint density at radius 3 is 2.82 bits per heavy atom. The highest BCUT2D eigenvalue weighted by Gasteiger charge is 2.35. The van der Waals surface area contributed by atoms with Crippen molar-refractivity contribution in [2.75, 3.05) is 13.2 Å². The fourth-order valence-electron chi connectivity index (χ4n) is 2.02. The third kappa shape index (κ3) is 2.51. The molecular formula is C12H17NO3S. The molecule has 2 N–H and O–H groups in total. The summed E-state index contributed by atoms with van der Waals surface area (Å²) in [5.41, 5.74) is 6.81. The number of rotatable bonds is 2. The van der Waals surface area contributed by atoms with Crippen LogP contribution in [0, 0.1) is 6.92 Å². The van der Waals surface area contributed by atoms with Crippen LogP contribution in [0.25, 0.3) is 0 Å². The molecule has 0 aliphatic carbocycles. The van der Waals surface area contributed by atoms with E-state index in [2.05, 4.69) is 0 Å². The molecular weight excluding hydrogens is 238 g/mol. The molecule has 2 atom stereocenters. The van der Waals surface area contributed by atoms with Gasteiger partial charge < -0.3 is 10.5 Å². The third-order valence-electron chi connectivity index (χ3n) is 3.07. The monoisotopic (exact) mass is 255 g/mol. The minimum Gasteiger partial charge on any atom is -0.380 e. The van der Waals surface area contributed by atoms with Crippen molar-refractivity contribution in [3.8, 4) is 0 Å². The summed E-state index contributed by atoms with van der Waals surface area (Å²) >= 11 is 0. The van der Waals surface area contributed by atoms with E-state index in [1.807, 2.05) is 13.0 Å². The molecule has 1 aromatic rings. The van der Waals surface area contributed by atoms with Gasteiger partial charge in [0.15, 0.2) is 9.84 Å². The van der Waals surface area contributed by atoms with Gasteiger partial charge in [0.1, 0.15) is 5.25 Å². The molecule has 2 rings (SSSR count). The first kappa shape index (κ1) is 12.5. The maximum absolute atomic E-state index is 12.4. The first-order valence-corrected chi connectivity index (χ1v) is 7.20. The first-order valence-electron chi connectivity index (χ1n) is 5.66. The van der Waals surface area contributed by atoms with Crippen molar-refractivity contribution >= 4 is 9.84 Å². The van der Waals surface area contributed by atoms with E-state index in [1.165, 1.54) is 0 Å². The SMILES string of the molecule is Cc1cccc(S(=O)(=O)C2COCCC2N)c1. The van der Waals surface area contributed by atoms with Crippen molar-refractivity contribution in [2.45, 2.75) is 29.5 Å². The Balaban J connectivity index is 2.35. The molecule has 0 aromatic heterocycles. The van der Waals surface area contributed by atoms with Crippen molar-refractivity contribution in [3.63, 3.8) is 0 Å². The van der Waals surface area contributed by atoms with Crippen LogP contribution in [0.4, 0.5) is 0 Å². The van der Waals surface area contributed by atoms with Gasteiger partial charge in [0, 0.05) is 12.6 Å². The normalized spacial score (nSPS) is 25.8. The van der Waals surface area contributed by atoms with E-state index in [1.54, 1.807) is 18.2 Å². The minimum atomic E-state index is -3.38. The van der Waals surface area contributed by atoms with Crippen molar-refractivity contribution in [1.29, 1.82) is 0 Å². The third-order valence-corrected chi connectivity index (χ3v) is 5.27. The van der Waals surface area contributed by atoms with E-state index in [-0.39, 0.29) is 12.6 Å². The number of sulfone groups is 1. The lowest BCUT2D eigenvalue weighted by Gasteiger charge is -2.28. The van der Waals surface area contributed by atoms with Crippen LogP contribution >= 0.6 is 0 Å². The van der Waals surface area contributed by atoms with Crippen LogP contribution in [0.15, 0.2) is 29.2 Å². The van der Waals surface area contributed by atoms with E-state index in [0.717, 1.165) is 5.56 Å². The van der Waals surface area contributed by atoms with E-state index in [4.69, 9.17) is 10.5 Å². The zero-order valence-electron chi connectivity index (χ0n) is 9.80. The topological polar surface area (TPSA) is 69.4 Å². The summed E-state index contributed by atoms with van der Waals surface area (Å²) in [4.78, 5) is 0.337. The Bertz CT molecular complexity index is 498. The lowest BCUT2D eigenvalue weighted by molar-refractivity contribution is 0.0891. The van der Waals surface area contributed by atoms with Crippen molar-refractivity contribution in [3.05, 3.63) is 29.8 Å². The highest BCUT2D eigenvalue weighted by Crippen LogP contribution is 2.22. The molecule has 0 saturated carbocycles. The smallest absolute Gasteiger partial charge is 0.185 e. The van der Waals surface area contributed by atoms with Gasteiger partial charge in [0.25, 0.3) is 0 Å². The predicted molar refractivity (Wildman–Crippen MR) is 65.6 cm³/mol. The van der Waals surface area contributed by atoms with Gasteiger partial charge in [-0.05, 0) is 31.0 Å². The number of ether oxygens (including phenoxy) is 1. The number of aryl methyl sites for hydroxylation is 1. The minimum absolute atomic E-state index is 0.192. The van der Waals surface area contributed by atoms with Gasteiger partial charge in [-0.1, -0.05) is 12.1 Å². The largest absolute Gasteiger partial charge is 0.380 e. The summed E-state index contributed by atoms with van der Waals surface area (Å²) in [6.07, 6.45) is 0.593. The van der Waals surface area contributed by atoms with Crippen molar-refractivity contribution in [1.82, 2.24) is 0 Å². The van der Waals surface area contributed by atoms with Gasteiger partial charge in [-0.2, -0.15) is 0 Å². The molecule has 0 spiro atoms. The number of nitrogens with two attached hydrogens (primary N) is 1. The number of hydrogen-bond donors (Lipinski definition) is 1. The molecule has 1 aliphatic rings. The highest BCUT2D eigenvalue weighted by molar-refractivity contribution is 7.92. The van der Waals surface area contributed by atoms with Crippen LogP contribution < -0.4 is 5.73 Å². The zero-order chi connectivity index (χ0) is 12.5. The molecule has 94 valence electrons. The molecule has 0 amide bonds. The standard InChI is InChI=1S/C12H17NO3S/c1-9-3-2-4-10(7-9)17(14,15)12-8-16-6-5-11(12)13/h2-4,7,11-12H,5-6,8,13H2,1H3. The second-order valence-electron chi connectivity index (χ2n) is 4.43. The average molecular weight is 255 g/mol. The predicted octanol–water partition coefficient (Wildman–Crippen LogP) is 0.885. The Hall–Kier alpha value is -0.910. The lowest BCUT2D eigenvalue weighted by atomic mass is 10.1. The second-order valence-corrected chi connectivity index (χ2v) is 6.59. The molecule has 4 nitrogen and oxygen atoms in total. The number of hydrogen-bond acceptors (Lipinski definition) is 4. The Morgan fingerprint density at radius 2 is 2.18 bits per heavy atom. The molecule has 1 aromatic carbocycles. The second kappa shape index (κ2) is 4.76. The molecule has 1 aliphatic heterocycles. The highest BCUT2D eigenvalue weighted by atomic mass is 32.2. The molecule has 1 saturated heterocycles. The summed E-state index contributed by atoms with van der Waals surface area (Å²) in [7, 11) is -3.38. The van der Waals surface area contributed by atoms with Crippen LogP contribution in [0.5, 0.6) is 0 Å². The maximum Gasteiger partial charge on any atom is 0.185 e. The van der Waals surface area contributed by atoms with Crippen LogP contribution in [0.1, 0.15) is 12.0 Å². The molecule has 1 heterocycles. The summed E-state index contributed by atoms with van der Waals surface area (Å²) in [5, 5.41) is -0.627. The van der Waals surface area contributed by atoms with Gasteiger partial charge in [0.2, 0.25) is 0 Å². The summed E-state index contributed by atoms with van der Waals surface area (Å²) in [5.74, 6) is 0.